The third kappa shape index (κ3) is 3.07. The molecule has 0 amide bonds. The van der Waals surface area contributed by atoms with E-state index in [1.54, 1.807) is 0 Å². The Morgan fingerprint density at radius 2 is 2.05 bits per heavy atom. The number of benzene rings is 1. The highest BCUT2D eigenvalue weighted by atomic mass is 79.9. The Balaban J connectivity index is 1.92. The van der Waals surface area contributed by atoms with Gasteiger partial charge >= 0.3 is 0 Å². The number of hydrogen-bond acceptors (Lipinski definition) is 3. The molecule has 1 aromatic heterocycles. The molecule has 1 aliphatic rings. The molecule has 0 saturated heterocycles. The van der Waals surface area contributed by atoms with Crippen molar-refractivity contribution in [3.8, 4) is 0 Å². The maximum absolute atomic E-state index is 6.02. The van der Waals surface area contributed by atoms with E-state index in [2.05, 4.69) is 31.2 Å². The van der Waals surface area contributed by atoms with Gasteiger partial charge in [0.25, 0.3) is 0 Å². The lowest BCUT2D eigenvalue weighted by molar-refractivity contribution is 0.919. The Morgan fingerprint density at radius 3 is 2.79 bits per heavy atom. The van der Waals surface area contributed by atoms with Crippen LogP contribution in [0.15, 0.2) is 28.9 Å². The first-order valence-electron chi connectivity index (χ1n) is 6.19. The average molecular weight is 339 g/mol. The summed E-state index contributed by atoms with van der Waals surface area (Å²) in [5.74, 6) is 2.24. The largest absolute Gasteiger partial charge is 0.340 e. The molecule has 5 heteroatoms. The van der Waals surface area contributed by atoms with Gasteiger partial charge in [-0.3, -0.25) is 0 Å². The molecule has 1 saturated carbocycles. The molecule has 1 aliphatic carbocycles. The Kier molecular flexibility index (Phi) is 3.46. The maximum Gasteiger partial charge on any atom is 0.135 e. The Morgan fingerprint density at radius 1 is 1.26 bits per heavy atom. The van der Waals surface area contributed by atoms with Crippen LogP contribution in [0.2, 0.25) is 5.02 Å². The summed E-state index contributed by atoms with van der Waals surface area (Å²) < 4.78 is 0.812. The minimum atomic E-state index is 0.526. The summed E-state index contributed by atoms with van der Waals surface area (Å²) in [6.07, 6.45) is 2.37. The zero-order chi connectivity index (χ0) is 13.4. The van der Waals surface area contributed by atoms with Gasteiger partial charge in [-0.15, -0.1) is 0 Å². The number of aromatic nitrogens is 2. The molecule has 2 aromatic rings. The summed E-state index contributed by atoms with van der Waals surface area (Å²) in [4.78, 5) is 8.98. The van der Waals surface area contributed by atoms with Crippen LogP contribution in [0.5, 0.6) is 0 Å². The second-order valence-corrected chi connectivity index (χ2v) is 6.04. The van der Waals surface area contributed by atoms with Crippen LogP contribution in [0.25, 0.3) is 0 Å². The monoisotopic (exact) mass is 337 g/mol. The van der Waals surface area contributed by atoms with Crippen molar-refractivity contribution in [1.29, 1.82) is 0 Å². The summed E-state index contributed by atoms with van der Waals surface area (Å²) in [5.41, 5.74) is 2.10. The molecule has 3 rings (SSSR count). The van der Waals surface area contributed by atoms with Gasteiger partial charge in [0.05, 0.1) is 0 Å². The van der Waals surface area contributed by atoms with E-state index in [-0.39, 0.29) is 0 Å². The highest BCUT2D eigenvalue weighted by Crippen LogP contribution is 2.39. The lowest BCUT2D eigenvalue weighted by Crippen LogP contribution is -2.00. The number of aryl methyl sites for hydroxylation is 1. The minimum absolute atomic E-state index is 0.526. The van der Waals surface area contributed by atoms with Gasteiger partial charge in [0.1, 0.15) is 16.2 Å². The van der Waals surface area contributed by atoms with Crippen molar-refractivity contribution >= 4 is 39.0 Å². The average Bonchev–Trinajstić information content (AvgIpc) is 3.17. The Bertz CT molecular complexity index is 626. The fourth-order valence-electron chi connectivity index (χ4n) is 1.89. The molecule has 0 bridgehead atoms. The van der Waals surface area contributed by atoms with Gasteiger partial charge < -0.3 is 5.32 Å². The van der Waals surface area contributed by atoms with E-state index in [4.69, 9.17) is 11.6 Å². The van der Waals surface area contributed by atoms with Crippen LogP contribution >= 0.6 is 27.5 Å². The fourth-order valence-corrected chi connectivity index (χ4v) is 2.46. The lowest BCUT2D eigenvalue weighted by atomic mass is 10.2. The first-order valence-corrected chi connectivity index (χ1v) is 7.36. The van der Waals surface area contributed by atoms with Crippen molar-refractivity contribution in [2.75, 3.05) is 5.32 Å². The van der Waals surface area contributed by atoms with E-state index in [9.17, 15) is 0 Å². The van der Waals surface area contributed by atoms with Crippen LogP contribution in [-0.4, -0.2) is 9.97 Å². The molecule has 0 aliphatic heterocycles. The summed E-state index contributed by atoms with van der Waals surface area (Å²) in [6, 6.07) is 7.66. The van der Waals surface area contributed by atoms with Gasteiger partial charge in [-0.2, -0.15) is 0 Å². The molecule has 0 atom stereocenters. The van der Waals surface area contributed by atoms with Crippen LogP contribution in [0.1, 0.15) is 30.1 Å². The van der Waals surface area contributed by atoms with Crippen molar-refractivity contribution in [2.24, 2.45) is 0 Å². The van der Waals surface area contributed by atoms with Gasteiger partial charge in [0.2, 0.25) is 0 Å². The number of rotatable bonds is 3. The molecule has 1 aromatic carbocycles. The number of halogens is 2. The van der Waals surface area contributed by atoms with Crippen molar-refractivity contribution in [3.63, 3.8) is 0 Å². The molecule has 1 heterocycles. The van der Waals surface area contributed by atoms with Crippen molar-refractivity contribution in [3.05, 3.63) is 45.3 Å². The molecule has 1 N–H and O–H groups in total. The third-order valence-corrected chi connectivity index (χ3v) is 3.76. The molecule has 19 heavy (non-hydrogen) atoms. The van der Waals surface area contributed by atoms with Crippen molar-refractivity contribution in [1.82, 2.24) is 9.97 Å². The number of anilines is 2. The van der Waals surface area contributed by atoms with E-state index < -0.39 is 0 Å². The van der Waals surface area contributed by atoms with Gasteiger partial charge in [-0.25, -0.2) is 9.97 Å². The van der Waals surface area contributed by atoms with Crippen LogP contribution < -0.4 is 5.32 Å². The van der Waals surface area contributed by atoms with Crippen LogP contribution in [-0.2, 0) is 0 Å². The summed E-state index contributed by atoms with van der Waals surface area (Å²) in [7, 11) is 0. The van der Waals surface area contributed by atoms with Gasteiger partial charge in [0.15, 0.2) is 0 Å². The van der Waals surface area contributed by atoms with Gasteiger partial charge in [-0.05, 0) is 53.4 Å². The van der Waals surface area contributed by atoms with E-state index in [0.717, 1.165) is 27.5 Å². The highest BCUT2D eigenvalue weighted by Gasteiger charge is 2.27. The summed E-state index contributed by atoms with van der Waals surface area (Å²) in [6.45, 7) is 2.04. The fraction of sp³-hybridized carbons (Fsp3) is 0.286. The molecular formula is C14H13BrClN3. The predicted molar refractivity (Wildman–Crippen MR) is 81.2 cm³/mol. The molecule has 0 radical (unpaired) electrons. The first kappa shape index (κ1) is 12.9. The smallest absolute Gasteiger partial charge is 0.135 e. The topological polar surface area (TPSA) is 37.8 Å². The molecular weight excluding hydrogens is 326 g/mol. The highest BCUT2D eigenvalue weighted by molar-refractivity contribution is 9.10. The van der Waals surface area contributed by atoms with E-state index in [1.807, 2.05) is 31.2 Å². The zero-order valence-corrected chi connectivity index (χ0v) is 12.8. The predicted octanol–water partition coefficient (Wildman–Crippen LogP) is 4.82. The number of nitrogens with zero attached hydrogens (tertiary/aromatic N) is 2. The quantitative estimate of drug-likeness (QED) is 0.815. The first-order chi connectivity index (χ1) is 9.11. The Labute approximate surface area is 125 Å². The second-order valence-electron chi connectivity index (χ2n) is 4.79. The van der Waals surface area contributed by atoms with Crippen molar-refractivity contribution in [2.45, 2.75) is 25.7 Å². The van der Waals surface area contributed by atoms with Crippen LogP contribution in [0.3, 0.4) is 0 Å². The lowest BCUT2D eigenvalue weighted by Gasteiger charge is -2.10. The van der Waals surface area contributed by atoms with Crippen LogP contribution in [0, 0.1) is 6.92 Å². The second kappa shape index (κ2) is 5.10. The molecule has 1 fully saturated rings. The van der Waals surface area contributed by atoms with Gasteiger partial charge in [-0.1, -0.05) is 17.7 Å². The standard InChI is InChI=1S/C14H13BrClN3/c1-8-2-5-10(16)6-11(8)17-13-7-12(15)18-14(19-13)9-3-4-9/h2,5-7,9H,3-4H2,1H3,(H,17,18,19). The number of hydrogen-bond donors (Lipinski definition) is 1. The normalized spacial score (nSPS) is 14.5. The molecule has 98 valence electrons. The minimum Gasteiger partial charge on any atom is -0.340 e. The SMILES string of the molecule is Cc1ccc(Cl)cc1Nc1cc(Br)nc(C2CC2)n1. The maximum atomic E-state index is 6.02. The van der Waals surface area contributed by atoms with Crippen molar-refractivity contribution < 1.29 is 0 Å². The Hall–Kier alpha value is -1.13. The van der Waals surface area contributed by atoms with Gasteiger partial charge in [0, 0.05) is 22.7 Å². The third-order valence-electron chi connectivity index (χ3n) is 3.12. The molecule has 3 nitrogen and oxygen atoms in total. The molecule has 0 spiro atoms. The summed E-state index contributed by atoms with van der Waals surface area (Å²) in [5, 5.41) is 4.02. The zero-order valence-electron chi connectivity index (χ0n) is 10.5. The summed E-state index contributed by atoms with van der Waals surface area (Å²) >= 11 is 9.46. The van der Waals surface area contributed by atoms with Crippen LogP contribution in [0.4, 0.5) is 11.5 Å². The molecule has 0 unspecified atom stereocenters. The number of nitrogens with one attached hydrogen (secondary N) is 1. The van der Waals surface area contributed by atoms with E-state index in [0.29, 0.717) is 10.9 Å². The van der Waals surface area contributed by atoms with E-state index >= 15 is 0 Å². The van der Waals surface area contributed by atoms with E-state index in [1.165, 1.54) is 12.8 Å².